The zero-order valence-electron chi connectivity index (χ0n) is 8.45. The SMILES string of the molecule is CCn1ncc(C=O)c1CC(C)C. The quantitative estimate of drug-likeness (QED) is 0.663. The first kappa shape index (κ1) is 9.96. The molecule has 0 aliphatic rings. The van der Waals surface area contributed by atoms with Crippen molar-refractivity contribution in [3.63, 3.8) is 0 Å². The van der Waals surface area contributed by atoms with E-state index in [0.717, 1.165) is 30.5 Å². The average molecular weight is 180 g/mol. The molecule has 0 radical (unpaired) electrons. The lowest BCUT2D eigenvalue weighted by Crippen LogP contribution is -2.07. The lowest BCUT2D eigenvalue weighted by Gasteiger charge is -2.07. The Morgan fingerprint density at radius 3 is 2.77 bits per heavy atom. The monoisotopic (exact) mass is 180 g/mol. The largest absolute Gasteiger partial charge is 0.298 e. The first-order valence-electron chi connectivity index (χ1n) is 4.68. The van der Waals surface area contributed by atoms with Crippen molar-refractivity contribution in [3.05, 3.63) is 17.5 Å². The van der Waals surface area contributed by atoms with Gasteiger partial charge in [-0.2, -0.15) is 5.10 Å². The first-order chi connectivity index (χ1) is 6.19. The first-order valence-corrected chi connectivity index (χ1v) is 4.68. The number of aryl methyl sites for hydroxylation is 1. The van der Waals surface area contributed by atoms with Gasteiger partial charge in [0.25, 0.3) is 0 Å². The van der Waals surface area contributed by atoms with Crippen LogP contribution >= 0.6 is 0 Å². The molecule has 0 unspecified atom stereocenters. The summed E-state index contributed by atoms with van der Waals surface area (Å²) >= 11 is 0. The van der Waals surface area contributed by atoms with Gasteiger partial charge in [-0.1, -0.05) is 13.8 Å². The predicted octanol–water partition coefficient (Wildman–Crippen LogP) is 1.91. The summed E-state index contributed by atoms with van der Waals surface area (Å²) in [5.74, 6) is 0.556. The van der Waals surface area contributed by atoms with Crippen molar-refractivity contribution in [1.82, 2.24) is 9.78 Å². The summed E-state index contributed by atoms with van der Waals surface area (Å²) in [6.45, 7) is 7.14. The van der Waals surface area contributed by atoms with Crippen LogP contribution in [0.2, 0.25) is 0 Å². The number of rotatable bonds is 4. The molecule has 0 fully saturated rings. The molecular weight excluding hydrogens is 164 g/mol. The van der Waals surface area contributed by atoms with Crippen molar-refractivity contribution >= 4 is 6.29 Å². The number of aldehydes is 1. The molecule has 3 nitrogen and oxygen atoms in total. The molecule has 72 valence electrons. The number of carbonyl (C=O) groups excluding carboxylic acids is 1. The molecular formula is C10H16N2O. The maximum absolute atomic E-state index is 10.7. The Labute approximate surface area is 78.8 Å². The van der Waals surface area contributed by atoms with Gasteiger partial charge < -0.3 is 0 Å². The van der Waals surface area contributed by atoms with Crippen LogP contribution in [0.3, 0.4) is 0 Å². The molecule has 0 amide bonds. The third-order valence-electron chi connectivity index (χ3n) is 2.01. The normalized spacial score (nSPS) is 10.8. The summed E-state index contributed by atoms with van der Waals surface area (Å²) in [4.78, 5) is 10.7. The highest BCUT2D eigenvalue weighted by molar-refractivity contribution is 5.76. The van der Waals surface area contributed by atoms with Gasteiger partial charge in [-0.15, -0.1) is 0 Å². The van der Waals surface area contributed by atoms with Gasteiger partial charge in [0.05, 0.1) is 11.8 Å². The molecule has 13 heavy (non-hydrogen) atoms. The highest BCUT2D eigenvalue weighted by Crippen LogP contribution is 2.11. The third-order valence-corrected chi connectivity index (χ3v) is 2.01. The van der Waals surface area contributed by atoms with E-state index in [2.05, 4.69) is 18.9 Å². The molecule has 0 saturated heterocycles. The molecule has 0 aromatic carbocycles. The second-order valence-electron chi connectivity index (χ2n) is 3.58. The van der Waals surface area contributed by atoms with E-state index in [1.807, 2.05) is 11.6 Å². The van der Waals surface area contributed by atoms with Crippen molar-refractivity contribution in [3.8, 4) is 0 Å². The van der Waals surface area contributed by atoms with E-state index >= 15 is 0 Å². The van der Waals surface area contributed by atoms with Gasteiger partial charge in [-0.3, -0.25) is 9.48 Å². The Morgan fingerprint density at radius 2 is 2.31 bits per heavy atom. The van der Waals surface area contributed by atoms with Crippen LogP contribution in [-0.4, -0.2) is 16.1 Å². The van der Waals surface area contributed by atoms with Gasteiger partial charge in [0.1, 0.15) is 0 Å². The molecule has 0 aliphatic carbocycles. The maximum atomic E-state index is 10.7. The van der Waals surface area contributed by atoms with Crippen molar-refractivity contribution in [2.75, 3.05) is 0 Å². The standard InChI is InChI=1S/C10H16N2O/c1-4-12-10(5-8(2)3)9(7-13)6-11-12/h6-8H,4-5H2,1-3H3. The van der Waals surface area contributed by atoms with Crippen molar-refractivity contribution in [2.45, 2.75) is 33.7 Å². The van der Waals surface area contributed by atoms with E-state index in [-0.39, 0.29) is 0 Å². The summed E-state index contributed by atoms with van der Waals surface area (Å²) in [6, 6.07) is 0. The molecule has 1 heterocycles. The molecule has 1 aromatic heterocycles. The number of carbonyl (C=O) groups is 1. The van der Waals surface area contributed by atoms with E-state index < -0.39 is 0 Å². The fourth-order valence-electron chi connectivity index (χ4n) is 1.41. The Kier molecular flexibility index (Phi) is 3.23. The summed E-state index contributed by atoms with van der Waals surface area (Å²) in [5, 5.41) is 4.14. The van der Waals surface area contributed by atoms with Crippen LogP contribution in [0.25, 0.3) is 0 Å². The Hall–Kier alpha value is -1.12. The molecule has 0 aliphatic heterocycles. The minimum atomic E-state index is 0.556. The van der Waals surface area contributed by atoms with E-state index in [1.54, 1.807) is 6.20 Å². The fourth-order valence-corrected chi connectivity index (χ4v) is 1.41. The lowest BCUT2D eigenvalue weighted by molar-refractivity contribution is 0.112. The highest BCUT2D eigenvalue weighted by atomic mass is 16.1. The summed E-state index contributed by atoms with van der Waals surface area (Å²) in [7, 11) is 0. The predicted molar refractivity (Wildman–Crippen MR) is 51.8 cm³/mol. The Morgan fingerprint density at radius 1 is 1.62 bits per heavy atom. The minimum absolute atomic E-state index is 0.556. The Balaban J connectivity index is 2.97. The molecule has 0 saturated carbocycles. The van der Waals surface area contributed by atoms with E-state index in [1.165, 1.54) is 0 Å². The number of hydrogen-bond donors (Lipinski definition) is 0. The molecule has 0 bridgehead atoms. The smallest absolute Gasteiger partial charge is 0.153 e. The lowest BCUT2D eigenvalue weighted by atomic mass is 10.1. The summed E-state index contributed by atoms with van der Waals surface area (Å²) in [5.41, 5.74) is 1.79. The third kappa shape index (κ3) is 2.17. The topological polar surface area (TPSA) is 34.9 Å². The van der Waals surface area contributed by atoms with Crippen molar-refractivity contribution in [2.24, 2.45) is 5.92 Å². The van der Waals surface area contributed by atoms with Crippen LogP contribution < -0.4 is 0 Å². The van der Waals surface area contributed by atoms with Crippen molar-refractivity contribution in [1.29, 1.82) is 0 Å². The maximum Gasteiger partial charge on any atom is 0.153 e. The fraction of sp³-hybridized carbons (Fsp3) is 0.600. The molecule has 1 rings (SSSR count). The summed E-state index contributed by atoms with van der Waals surface area (Å²) in [6.07, 6.45) is 3.45. The van der Waals surface area contributed by atoms with Gasteiger partial charge >= 0.3 is 0 Å². The van der Waals surface area contributed by atoms with Crippen LogP contribution in [0.1, 0.15) is 36.8 Å². The number of aromatic nitrogens is 2. The van der Waals surface area contributed by atoms with Crippen LogP contribution in [-0.2, 0) is 13.0 Å². The van der Waals surface area contributed by atoms with Crippen LogP contribution in [0, 0.1) is 5.92 Å². The van der Waals surface area contributed by atoms with Crippen LogP contribution in [0.4, 0.5) is 0 Å². The van der Waals surface area contributed by atoms with Gasteiger partial charge in [0.2, 0.25) is 0 Å². The highest BCUT2D eigenvalue weighted by Gasteiger charge is 2.10. The zero-order valence-corrected chi connectivity index (χ0v) is 8.45. The molecule has 1 aromatic rings. The second kappa shape index (κ2) is 4.21. The molecule has 3 heteroatoms. The second-order valence-corrected chi connectivity index (χ2v) is 3.58. The van der Waals surface area contributed by atoms with Gasteiger partial charge in [-0.25, -0.2) is 0 Å². The van der Waals surface area contributed by atoms with E-state index in [0.29, 0.717) is 5.92 Å². The van der Waals surface area contributed by atoms with Gasteiger partial charge in [0.15, 0.2) is 6.29 Å². The average Bonchev–Trinajstić information content (AvgIpc) is 2.46. The minimum Gasteiger partial charge on any atom is -0.298 e. The van der Waals surface area contributed by atoms with Crippen molar-refractivity contribution < 1.29 is 4.79 Å². The van der Waals surface area contributed by atoms with Gasteiger partial charge in [0, 0.05) is 12.2 Å². The molecule has 0 spiro atoms. The molecule has 0 N–H and O–H groups in total. The summed E-state index contributed by atoms with van der Waals surface area (Å²) < 4.78 is 1.89. The molecule has 0 atom stereocenters. The van der Waals surface area contributed by atoms with Gasteiger partial charge in [-0.05, 0) is 19.3 Å². The number of hydrogen-bond acceptors (Lipinski definition) is 2. The van der Waals surface area contributed by atoms with Crippen LogP contribution in [0.5, 0.6) is 0 Å². The number of nitrogens with zero attached hydrogens (tertiary/aromatic N) is 2. The zero-order chi connectivity index (χ0) is 9.84. The van der Waals surface area contributed by atoms with E-state index in [4.69, 9.17) is 0 Å². The van der Waals surface area contributed by atoms with Crippen LogP contribution in [0.15, 0.2) is 6.20 Å². The van der Waals surface area contributed by atoms with E-state index in [9.17, 15) is 4.79 Å². The Bertz CT molecular complexity index is 289.